The second-order valence-electron chi connectivity index (χ2n) is 4.60. The smallest absolute Gasteiger partial charge is 0.316 e. The zero-order valence-electron chi connectivity index (χ0n) is 11.4. The molecular formula is C15H15Cl2N3O. The molecule has 0 saturated heterocycles. The van der Waals surface area contributed by atoms with Gasteiger partial charge < -0.3 is 16.4 Å². The Hall–Kier alpha value is -1.91. The number of halogens is 2. The number of carbonyl (C=O) groups is 1. The molecule has 6 heteroatoms. The molecule has 4 nitrogen and oxygen atoms in total. The Balaban J connectivity index is 2.15. The van der Waals surface area contributed by atoms with Crippen molar-refractivity contribution in [2.24, 2.45) is 5.73 Å². The van der Waals surface area contributed by atoms with Gasteiger partial charge in [-0.15, -0.1) is 0 Å². The summed E-state index contributed by atoms with van der Waals surface area (Å²) in [5, 5.41) is 7.05. The molecule has 0 saturated carbocycles. The third-order valence-electron chi connectivity index (χ3n) is 2.94. The molecule has 2 aromatic rings. The highest BCUT2D eigenvalue weighted by molar-refractivity contribution is 6.35. The lowest BCUT2D eigenvalue weighted by molar-refractivity contribution is 0.259. The lowest BCUT2D eigenvalue weighted by atomic mass is 10.1. The van der Waals surface area contributed by atoms with E-state index < -0.39 is 6.03 Å². The molecule has 0 aliphatic heterocycles. The lowest BCUT2D eigenvalue weighted by Crippen LogP contribution is -2.19. The number of benzene rings is 2. The first kappa shape index (κ1) is 15.5. The van der Waals surface area contributed by atoms with Crippen LogP contribution in [0.25, 0.3) is 0 Å². The van der Waals surface area contributed by atoms with Gasteiger partial charge >= 0.3 is 6.03 Å². The van der Waals surface area contributed by atoms with Crippen LogP contribution in [0.5, 0.6) is 0 Å². The zero-order valence-corrected chi connectivity index (χ0v) is 12.9. The van der Waals surface area contributed by atoms with E-state index in [-0.39, 0.29) is 6.04 Å². The SMILES string of the molecule is CC(Nc1cccc(NC(N)=O)c1)c1ccc(Cl)cc1Cl. The predicted molar refractivity (Wildman–Crippen MR) is 88.1 cm³/mol. The summed E-state index contributed by atoms with van der Waals surface area (Å²) in [4.78, 5) is 10.9. The van der Waals surface area contributed by atoms with Crippen LogP contribution in [0.15, 0.2) is 42.5 Å². The average Bonchev–Trinajstić information content (AvgIpc) is 2.37. The van der Waals surface area contributed by atoms with Gasteiger partial charge in [-0.1, -0.05) is 35.3 Å². The topological polar surface area (TPSA) is 67.2 Å². The van der Waals surface area contributed by atoms with Crippen LogP contribution in [0.1, 0.15) is 18.5 Å². The molecule has 0 fully saturated rings. The summed E-state index contributed by atoms with van der Waals surface area (Å²) >= 11 is 12.1. The normalized spacial score (nSPS) is 11.8. The van der Waals surface area contributed by atoms with Crippen molar-refractivity contribution in [1.82, 2.24) is 0 Å². The fourth-order valence-electron chi connectivity index (χ4n) is 2.01. The van der Waals surface area contributed by atoms with Gasteiger partial charge in [-0.05, 0) is 42.8 Å². The van der Waals surface area contributed by atoms with Crippen LogP contribution in [-0.4, -0.2) is 6.03 Å². The molecule has 4 N–H and O–H groups in total. The van der Waals surface area contributed by atoms with Crippen LogP contribution in [0.2, 0.25) is 10.0 Å². The highest BCUT2D eigenvalue weighted by Gasteiger charge is 2.10. The van der Waals surface area contributed by atoms with Gasteiger partial charge in [-0.2, -0.15) is 0 Å². The molecule has 1 atom stereocenters. The van der Waals surface area contributed by atoms with Crippen LogP contribution >= 0.6 is 23.2 Å². The minimum absolute atomic E-state index is 0.0152. The third kappa shape index (κ3) is 4.28. The van der Waals surface area contributed by atoms with Crippen molar-refractivity contribution in [3.05, 3.63) is 58.1 Å². The Morgan fingerprint density at radius 3 is 2.52 bits per heavy atom. The summed E-state index contributed by atoms with van der Waals surface area (Å²) in [5.41, 5.74) is 7.51. The molecule has 0 aromatic heterocycles. The molecular weight excluding hydrogens is 309 g/mol. The maximum Gasteiger partial charge on any atom is 0.316 e. The Labute approximate surface area is 133 Å². The van der Waals surface area contributed by atoms with Crippen molar-refractivity contribution >= 4 is 40.6 Å². The molecule has 0 aliphatic carbocycles. The van der Waals surface area contributed by atoms with E-state index in [0.717, 1.165) is 11.3 Å². The number of urea groups is 1. The fourth-order valence-corrected chi connectivity index (χ4v) is 2.58. The van der Waals surface area contributed by atoms with Gasteiger partial charge in [0.05, 0.1) is 0 Å². The van der Waals surface area contributed by atoms with E-state index in [1.807, 2.05) is 25.1 Å². The summed E-state index contributed by atoms with van der Waals surface area (Å²) < 4.78 is 0. The molecule has 2 rings (SSSR count). The Bertz CT molecular complexity index is 661. The van der Waals surface area contributed by atoms with E-state index in [1.54, 1.807) is 24.3 Å². The summed E-state index contributed by atoms with van der Waals surface area (Å²) in [6, 6.07) is 12.1. The van der Waals surface area contributed by atoms with Crippen LogP contribution in [0.3, 0.4) is 0 Å². The summed E-state index contributed by atoms with van der Waals surface area (Å²) in [5.74, 6) is 0. The maximum absolute atomic E-state index is 10.9. The maximum atomic E-state index is 10.9. The number of carbonyl (C=O) groups excluding carboxylic acids is 1. The molecule has 0 radical (unpaired) electrons. The van der Waals surface area contributed by atoms with Crippen molar-refractivity contribution < 1.29 is 4.79 Å². The van der Waals surface area contributed by atoms with Crippen LogP contribution in [0, 0.1) is 0 Å². The fraction of sp³-hybridized carbons (Fsp3) is 0.133. The molecule has 0 heterocycles. The minimum atomic E-state index is -0.596. The summed E-state index contributed by atoms with van der Waals surface area (Å²) in [7, 11) is 0. The van der Waals surface area contributed by atoms with E-state index in [4.69, 9.17) is 28.9 Å². The number of rotatable bonds is 4. The lowest BCUT2D eigenvalue weighted by Gasteiger charge is -2.18. The van der Waals surface area contributed by atoms with E-state index in [0.29, 0.717) is 15.7 Å². The molecule has 0 aliphatic rings. The van der Waals surface area contributed by atoms with Gasteiger partial charge in [-0.3, -0.25) is 0 Å². The van der Waals surface area contributed by atoms with E-state index in [1.165, 1.54) is 0 Å². The number of anilines is 2. The van der Waals surface area contributed by atoms with E-state index in [9.17, 15) is 4.79 Å². The third-order valence-corrected chi connectivity index (χ3v) is 3.50. The number of amides is 2. The quantitative estimate of drug-likeness (QED) is 0.766. The number of hydrogen-bond acceptors (Lipinski definition) is 2. The highest BCUT2D eigenvalue weighted by Crippen LogP contribution is 2.29. The second-order valence-corrected chi connectivity index (χ2v) is 5.45. The second kappa shape index (κ2) is 6.70. The van der Waals surface area contributed by atoms with Crippen molar-refractivity contribution in [2.75, 3.05) is 10.6 Å². The van der Waals surface area contributed by atoms with Crippen molar-refractivity contribution in [1.29, 1.82) is 0 Å². The zero-order chi connectivity index (χ0) is 15.4. The number of nitrogens with two attached hydrogens (primary N) is 1. The van der Waals surface area contributed by atoms with Crippen molar-refractivity contribution in [2.45, 2.75) is 13.0 Å². The first-order valence-corrected chi connectivity index (χ1v) is 7.09. The van der Waals surface area contributed by atoms with Crippen LogP contribution < -0.4 is 16.4 Å². The highest BCUT2D eigenvalue weighted by atomic mass is 35.5. The summed E-state index contributed by atoms with van der Waals surface area (Å²) in [6.45, 7) is 1.99. The first-order chi connectivity index (χ1) is 9.95. The van der Waals surface area contributed by atoms with Gasteiger partial charge in [0.2, 0.25) is 0 Å². The number of nitrogens with one attached hydrogen (secondary N) is 2. The first-order valence-electron chi connectivity index (χ1n) is 6.33. The van der Waals surface area contributed by atoms with Gasteiger partial charge in [0.1, 0.15) is 0 Å². The van der Waals surface area contributed by atoms with Crippen molar-refractivity contribution in [3.8, 4) is 0 Å². The largest absolute Gasteiger partial charge is 0.378 e. The molecule has 2 amide bonds. The number of hydrogen-bond donors (Lipinski definition) is 3. The van der Waals surface area contributed by atoms with Gasteiger partial charge in [0.15, 0.2) is 0 Å². The van der Waals surface area contributed by atoms with Crippen LogP contribution in [0.4, 0.5) is 16.2 Å². The van der Waals surface area contributed by atoms with Gasteiger partial charge in [-0.25, -0.2) is 4.79 Å². The van der Waals surface area contributed by atoms with E-state index in [2.05, 4.69) is 10.6 Å². The number of primary amides is 1. The van der Waals surface area contributed by atoms with E-state index >= 15 is 0 Å². The Kier molecular flexibility index (Phi) is 4.94. The van der Waals surface area contributed by atoms with Crippen LogP contribution in [-0.2, 0) is 0 Å². The van der Waals surface area contributed by atoms with Crippen molar-refractivity contribution in [3.63, 3.8) is 0 Å². The molecule has 0 spiro atoms. The minimum Gasteiger partial charge on any atom is -0.378 e. The van der Waals surface area contributed by atoms with Gasteiger partial charge in [0, 0.05) is 27.5 Å². The molecule has 21 heavy (non-hydrogen) atoms. The summed E-state index contributed by atoms with van der Waals surface area (Å²) in [6.07, 6.45) is 0. The Morgan fingerprint density at radius 2 is 1.86 bits per heavy atom. The predicted octanol–water partition coefficient (Wildman–Crippen LogP) is 4.66. The molecule has 2 aromatic carbocycles. The standard InChI is InChI=1S/C15H15Cl2N3O/c1-9(13-6-5-10(16)7-14(13)17)19-11-3-2-4-12(8-11)20-15(18)21/h2-9,19H,1H3,(H3,18,20,21). The average molecular weight is 324 g/mol. The monoisotopic (exact) mass is 323 g/mol. The van der Waals surface area contributed by atoms with Gasteiger partial charge in [0.25, 0.3) is 0 Å². The Morgan fingerprint density at radius 1 is 1.14 bits per heavy atom. The molecule has 0 bridgehead atoms. The molecule has 1 unspecified atom stereocenters. The molecule has 110 valence electrons.